The second kappa shape index (κ2) is 2.31. The van der Waals surface area contributed by atoms with E-state index in [0.29, 0.717) is 11.3 Å². The number of rotatable bonds is 0. The number of halogens is 1. The largest absolute Gasteiger partial charge is 0.303 e. The average molecular weight is 161 g/mol. The summed E-state index contributed by atoms with van der Waals surface area (Å²) in [5.74, 6) is -0.343. The van der Waals surface area contributed by atoms with Gasteiger partial charge in [0.15, 0.2) is 5.69 Å². The molecular weight excluding hydrogens is 157 g/mol. The molecule has 0 aromatic carbocycles. The van der Waals surface area contributed by atoms with Gasteiger partial charge in [0.05, 0.1) is 0 Å². The van der Waals surface area contributed by atoms with E-state index in [1.165, 1.54) is 28.9 Å². The summed E-state index contributed by atoms with van der Waals surface area (Å²) in [5.41, 5.74) is 0.869. The summed E-state index contributed by atoms with van der Waals surface area (Å²) in [6.45, 7) is 0. The first-order chi connectivity index (χ1) is 5.79. The van der Waals surface area contributed by atoms with E-state index in [1.54, 1.807) is 0 Å². The van der Waals surface area contributed by atoms with Gasteiger partial charge in [-0.05, 0) is 12.1 Å². The lowest BCUT2D eigenvalue weighted by molar-refractivity contribution is 0.619. The fourth-order valence-corrected chi connectivity index (χ4v) is 1.02. The first-order valence-electron chi connectivity index (χ1n) is 3.34. The maximum Gasteiger partial charge on any atom is 0.159 e. The number of hydrogen-bond acceptors (Lipinski definition) is 2. The molecule has 0 N–H and O–H groups in total. The SMILES string of the molecule is N#Cc1cn2cc(F)ccc2n1. The van der Waals surface area contributed by atoms with Crippen molar-refractivity contribution in [2.75, 3.05) is 0 Å². The van der Waals surface area contributed by atoms with Gasteiger partial charge in [-0.1, -0.05) is 0 Å². The highest BCUT2D eigenvalue weighted by Gasteiger charge is 1.99. The molecule has 12 heavy (non-hydrogen) atoms. The van der Waals surface area contributed by atoms with Crippen LogP contribution in [-0.4, -0.2) is 9.38 Å². The van der Waals surface area contributed by atoms with Crippen LogP contribution in [0, 0.1) is 17.1 Å². The number of imidazole rings is 1. The van der Waals surface area contributed by atoms with E-state index in [2.05, 4.69) is 4.98 Å². The van der Waals surface area contributed by atoms with Crippen LogP contribution in [0.25, 0.3) is 5.65 Å². The molecule has 0 aliphatic heterocycles. The lowest BCUT2D eigenvalue weighted by Crippen LogP contribution is -1.83. The van der Waals surface area contributed by atoms with Crippen molar-refractivity contribution in [3.05, 3.63) is 36.0 Å². The van der Waals surface area contributed by atoms with E-state index in [1.807, 2.05) is 6.07 Å². The molecule has 0 saturated heterocycles. The number of aromatic nitrogens is 2. The molecule has 2 heterocycles. The fourth-order valence-electron chi connectivity index (χ4n) is 1.02. The van der Waals surface area contributed by atoms with E-state index in [0.717, 1.165) is 0 Å². The minimum absolute atomic E-state index is 0.292. The van der Waals surface area contributed by atoms with E-state index in [4.69, 9.17) is 5.26 Å². The van der Waals surface area contributed by atoms with Crippen molar-refractivity contribution in [2.45, 2.75) is 0 Å². The van der Waals surface area contributed by atoms with E-state index in [-0.39, 0.29) is 5.82 Å². The van der Waals surface area contributed by atoms with Crippen LogP contribution < -0.4 is 0 Å². The van der Waals surface area contributed by atoms with Gasteiger partial charge in [0.2, 0.25) is 0 Å². The van der Waals surface area contributed by atoms with Crippen molar-refractivity contribution in [1.82, 2.24) is 9.38 Å². The van der Waals surface area contributed by atoms with Crippen molar-refractivity contribution < 1.29 is 4.39 Å². The summed E-state index contributed by atoms with van der Waals surface area (Å²) in [6, 6.07) is 4.71. The highest BCUT2D eigenvalue weighted by molar-refractivity contribution is 5.42. The van der Waals surface area contributed by atoms with Crippen molar-refractivity contribution >= 4 is 5.65 Å². The molecule has 0 bridgehead atoms. The zero-order chi connectivity index (χ0) is 8.55. The Morgan fingerprint density at radius 2 is 2.25 bits per heavy atom. The Hall–Kier alpha value is -1.89. The summed E-state index contributed by atoms with van der Waals surface area (Å²) in [6.07, 6.45) is 2.77. The predicted octanol–water partition coefficient (Wildman–Crippen LogP) is 1.35. The third kappa shape index (κ3) is 0.920. The van der Waals surface area contributed by atoms with E-state index in [9.17, 15) is 4.39 Å². The van der Waals surface area contributed by atoms with Gasteiger partial charge in [-0.25, -0.2) is 9.37 Å². The van der Waals surface area contributed by atoms with Crippen LogP contribution in [0.1, 0.15) is 5.69 Å². The van der Waals surface area contributed by atoms with Crippen molar-refractivity contribution in [1.29, 1.82) is 5.26 Å². The zero-order valence-electron chi connectivity index (χ0n) is 6.03. The number of pyridine rings is 1. The molecule has 4 heteroatoms. The van der Waals surface area contributed by atoms with Crippen LogP contribution in [-0.2, 0) is 0 Å². The Kier molecular flexibility index (Phi) is 1.31. The Balaban J connectivity index is 2.77. The van der Waals surface area contributed by atoms with Crippen LogP contribution in [0.3, 0.4) is 0 Å². The number of hydrogen-bond donors (Lipinski definition) is 0. The second-order valence-corrected chi connectivity index (χ2v) is 2.35. The number of fused-ring (bicyclic) bond motifs is 1. The van der Waals surface area contributed by atoms with Crippen LogP contribution in [0.15, 0.2) is 24.5 Å². The zero-order valence-corrected chi connectivity index (χ0v) is 6.03. The lowest BCUT2D eigenvalue weighted by atomic mass is 10.5. The molecule has 0 aliphatic carbocycles. The molecule has 0 aliphatic rings. The van der Waals surface area contributed by atoms with E-state index < -0.39 is 0 Å². The maximum absolute atomic E-state index is 12.6. The molecule has 2 rings (SSSR count). The van der Waals surface area contributed by atoms with Gasteiger partial charge in [-0.3, -0.25) is 0 Å². The molecule has 0 atom stereocenters. The maximum atomic E-state index is 12.6. The summed E-state index contributed by atoms with van der Waals surface area (Å²) in [7, 11) is 0. The topological polar surface area (TPSA) is 41.1 Å². The molecule has 0 unspecified atom stereocenters. The van der Waals surface area contributed by atoms with Crippen molar-refractivity contribution in [3.8, 4) is 6.07 Å². The third-order valence-electron chi connectivity index (χ3n) is 1.53. The van der Waals surface area contributed by atoms with Gasteiger partial charge in [0, 0.05) is 12.4 Å². The lowest BCUT2D eigenvalue weighted by Gasteiger charge is -1.90. The Bertz CT molecular complexity index is 467. The monoisotopic (exact) mass is 161 g/mol. The van der Waals surface area contributed by atoms with Gasteiger partial charge in [0.1, 0.15) is 17.5 Å². The first kappa shape index (κ1) is 6.80. The molecule has 0 amide bonds. The molecule has 0 spiro atoms. The van der Waals surface area contributed by atoms with Gasteiger partial charge < -0.3 is 4.40 Å². The standard InChI is InChI=1S/C8H4FN3/c9-6-1-2-8-11-7(3-10)5-12(8)4-6/h1-2,4-5H. The molecule has 0 fully saturated rings. The van der Waals surface area contributed by atoms with Crippen LogP contribution in [0.5, 0.6) is 0 Å². The summed E-state index contributed by atoms with van der Waals surface area (Å²) < 4.78 is 14.1. The Morgan fingerprint density at radius 1 is 1.42 bits per heavy atom. The van der Waals surface area contributed by atoms with Crippen molar-refractivity contribution in [2.24, 2.45) is 0 Å². The Labute approximate surface area is 67.7 Å². The molecular formula is C8H4FN3. The fraction of sp³-hybridized carbons (Fsp3) is 0. The second-order valence-electron chi connectivity index (χ2n) is 2.35. The molecule has 2 aromatic heterocycles. The van der Waals surface area contributed by atoms with E-state index >= 15 is 0 Å². The summed E-state index contributed by atoms with van der Waals surface area (Å²) >= 11 is 0. The molecule has 3 nitrogen and oxygen atoms in total. The quantitative estimate of drug-likeness (QED) is 0.585. The smallest absolute Gasteiger partial charge is 0.159 e. The van der Waals surface area contributed by atoms with Gasteiger partial charge in [-0.15, -0.1) is 0 Å². The van der Waals surface area contributed by atoms with Crippen LogP contribution in [0.2, 0.25) is 0 Å². The summed E-state index contributed by atoms with van der Waals surface area (Å²) in [5, 5.41) is 8.49. The number of nitrogens with zero attached hydrogens (tertiary/aromatic N) is 3. The average Bonchev–Trinajstić information content (AvgIpc) is 2.46. The minimum atomic E-state index is -0.343. The van der Waals surface area contributed by atoms with Gasteiger partial charge in [0.25, 0.3) is 0 Å². The highest BCUT2D eigenvalue weighted by atomic mass is 19.1. The Morgan fingerprint density at radius 3 is 3.00 bits per heavy atom. The predicted molar refractivity (Wildman–Crippen MR) is 39.9 cm³/mol. The molecule has 0 saturated carbocycles. The van der Waals surface area contributed by atoms with Crippen LogP contribution in [0.4, 0.5) is 4.39 Å². The highest BCUT2D eigenvalue weighted by Crippen LogP contribution is 2.05. The normalized spacial score (nSPS) is 10.0. The third-order valence-corrected chi connectivity index (χ3v) is 1.53. The minimum Gasteiger partial charge on any atom is -0.303 e. The van der Waals surface area contributed by atoms with Crippen molar-refractivity contribution in [3.63, 3.8) is 0 Å². The molecule has 0 radical (unpaired) electrons. The van der Waals surface area contributed by atoms with Gasteiger partial charge in [-0.2, -0.15) is 5.26 Å². The van der Waals surface area contributed by atoms with Crippen LogP contribution >= 0.6 is 0 Å². The number of nitriles is 1. The summed E-state index contributed by atoms with van der Waals surface area (Å²) in [4.78, 5) is 3.91. The first-order valence-corrected chi connectivity index (χ1v) is 3.34. The van der Waals surface area contributed by atoms with Gasteiger partial charge >= 0.3 is 0 Å². The molecule has 2 aromatic rings. The molecule has 58 valence electrons.